The molecule has 0 aliphatic heterocycles. The minimum atomic E-state index is -4.82. The van der Waals surface area contributed by atoms with Gasteiger partial charge in [-0.25, -0.2) is 17.7 Å². The van der Waals surface area contributed by atoms with Crippen molar-refractivity contribution in [3.63, 3.8) is 0 Å². The van der Waals surface area contributed by atoms with Crippen LogP contribution in [0.25, 0.3) is 0 Å². The van der Waals surface area contributed by atoms with Crippen molar-refractivity contribution in [2.45, 2.75) is 30.8 Å². The second-order valence-electron chi connectivity index (χ2n) is 4.18. The van der Waals surface area contributed by atoms with Crippen molar-refractivity contribution in [2.24, 2.45) is 0 Å². The average molecular weight is 331 g/mol. The van der Waals surface area contributed by atoms with Crippen LogP contribution in [0.2, 0.25) is 5.15 Å². The average Bonchev–Trinajstić information content (AvgIpc) is 2.34. The van der Waals surface area contributed by atoms with E-state index in [4.69, 9.17) is 11.6 Å². The summed E-state index contributed by atoms with van der Waals surface area (Å²) in [6.07, 6.45) is -2.90. The molecule has 0 fully saturated rings. The smallest absolute Gasteiger partial charge is 0.243 e. The fourth-order valence-corrected chi connectivity index (χ4v) is 3.01. The molecule has 0 saturated carbocycles. The first-order valence-corrected chi connectivity index (χ1v) is 7.61. The van der Waals surface area contributed by atoms with E-state index in [9.17, 15) is 21.6 Å². The van der Waals surface area contributed by atoms with E-state index in [-0.39, 0.29) is 6.54 Å². The van der Waals surface area contributed by atoms with Gasteiger partial charge in [0.25, 0.3) is 0 Å². The van der Waals surface area contributed by atoms with Crippen molar-refractivity contribution >= 4 is 21.6 Å². The van der Waals surface area contributed by atoms with Gasteiger partial charge >= 0.3 is 6.18 Å². The Kier molecular flexibility index (Phi) is 5.39. The fraction of sp³-hybridized carbons (Fsp3) is 0.545. The van der Waals surface area contributed by atoms with Crippen LogP contribution in [0.15, 0.2) is 17.2 Å². The van der Waals surface area contributed by atoms with Crippen LogP contribution in [-0.4, -0.2) is 31.3 Å². The topological polar surface area (TPSA) is 50.3 Å². The van der Waals surface area contributed by atoms with Crippen LogP contribution in [0.5, 0.6) is 0 Å². The maximum Gasteiger partial charge on any atom is 0.417 e. The van der Waals surface area contributed by atoms with Gasteiger partial charge in [-0.05, 0) is 12.5 Å². The lowest BCUT2D eigenvalue weighted by atomic mass is 10.2. The summed E-state index contributed by atoms with van der Waals surface area (Å²) in [6.45, 7) is 1.99. The number of pyridine rings is 1. The number of nitrogens with zero attached hydrogens (tertiary/aromatic N) is 2. The summed E-state index contributed by atoms with van der Waals surface area (Å²) in [7, 11) is -3.01. The van der Waals surface area contributed by atoms with E-state index in [0.29, 0.717) is 18.7 Å². The fourth-order valence-electron chi connectivity index (χ4n) is 1.51. The van der Waals surface area contributed by atoms with Gasteiger partial charge in [-0.3, -0.25) is 0 Å². The first-order valence-electron chi connectivity index (χ1n) is 5.79. The Morgan fingerprint density at radius 1 is 1.40 bits per heavy atom. The van der Waals surface area contributed by atoms with E-state index in [1.807, 2.05) is 6.92 Å². The highest BCUT2D eigenvalue weighted by Crippen LogP contribution is 2.35. The third-order valence-electron chi connectivity index (χ3n) is 2.65. The van der Waals surface area contributed by atoms with Gasteiger partial charge in [-0.2, -0.15) is 13.2 Å². The quantitative estimate of drug-likeness (QED) is 0.779. The van der Waals surface area contributed by atoms with Crippen molar-refractivity contribution in [1.29, 1.82) is 0 Å². The second kappa shape index (κ2) is 6.28. The molecule has 20 heavy (non-hydrogen) atoms. The van der Waals surface area contributed by atoms with Gasteiger partial charge in [-0.15, -0.1) is 0 Å². The zero-order chi connectivity index (χ0) is 15.6. The molecule has 1 heterocycles. The lowest BCUT2D eigenvalue weighted by Crippen LogP contribution is -2.30. The predicted molar refractivity (Wildman–Crippen MR) is 69.0 cm³/mol. The number of alkyl halides is 3. The monoisotopic (exact) mass is 330 g/mol. The summed E-state index contributed by atoms with van der Waals surface area (Å²) in [5, 5.41) is -0.410. The third kappa shape index (κ3) is 3.83. The summed E-state index contributed by atoms with van der Waals surface area (Å²) in [5.74, 6) is 0. The molecule has 1 aromatic rings. The Bertz CT molecular complexity index is 576. The highest BCUT2D eigenvalue weighted by molar-refractivity contribution is 7.89. The molecule has 0 aliphatic carbocycles. The van der Waals surface area contributed by atoms with Crippen LogP contribution in [0.1, 0.15) is 25.3 Å². The lowest BCUT2D eigenvalue weighted by Gasteiger charge is -2.19. The molecule has 0 radical (unpaired) electrons. The number of hydrogen-bond donors (Lipinski definition) is 0. The first kappa shape index (κ1) is 17.2. The molecule has 9 heteroatoms. The van der Waals surface area contributed by atoms with Crippen molar-refractivity contribution in [1.82, 2.24) is 9.29 Å². The number of unbranched alkanes of at least 4 members (excludes halogenated alkanes) is 1. The molecule has 4 nitrogen and oxygen atoms in total. The van der Waals surface area contributed by atoms with E-state index < -0.39 is 31.8 Å². The number of hydrogen-bond acceptors (Lipinski definition) is 3. The van der Waals surface area contributed by atoms with E-state index in [1.165, 1.54) is 7.05 Å². The molecular formula is C11H14ClF3N2O2S. The van der Waals surface area contributed by atoms with E-state index >= 15 is 0 Å². The number of rotatable bonds is 5. The molecule has 0 bridgehead atoms. The Morgan fingerprint density at radius 3 is 2.50 bits per heavy atom. The van der Waals surface area contributed by atoms with Crippen molar-refractivity contribution < 1.29 is 21.6 Å². The maximum absolute atomic E-state index is 12.9. The normalized spacial score (nSPS) is 12.9. The minimum Gasteiger partial charge on any atom is -0.243 e. The Hall–Kier alpha value is -0.860. The zero-order valence-corrected chi connectivity index (χ0v) is 12.5. The van der Waals surface area contributed by atoms with Crippen LogP contribution in [0.4, 0.5) is 13.2 Å². The molecule has 0 aliphatic rings. The SMILES string of the molecule is CCCCN(C)S(=O)(=O)c1cnc(Cl)cc1C(F)(F)F. The molecule has 0 spiro atoms. The zero-order valence-electron chi connectivity index (χ0n) is 10.9. The van der Waals surface area contributed by atoms with Gasteiger partial charge in [0.1, 0.15) is 10.0 Å². The van der Waals surface area contributed by atoms with Gasteiger partial charge < -0.3 is 0 Å². The Morgan fingerprint density at radius 2 is 2.00 bits per heavy atom. The Labute approximate surface area is 120 Å². The first-order chi connectivity index (χ1) is 9.10. The van der Waals surface area contributed by atoms with Crippen molar-refractivity contribution in [2.75, 3.05) is 13.6 Å². The molecule has 0 amide bonds. The highest BCUT2D eigenvalue weighted by Gasteiger charge is 2.39. The number of aromatic nitrogens is 1. The lowest BCUT2D eigenvalue weighted by molar-refractivity contribution is -0.140. The van der Waals surface area contributed by atoms with Crippen LogP contribution >= 0.6 is 11.6 Å². The second-order valence-corrected chi connectivity index (χ2v) is 6.58. The summed E-state index contributed by atoms with van der Waals surface area (Å²) >= 11 is 5.42. The van der Waals surface area contributed by atoms with Crippen LogP contribution in [0, 0.1) is 0 Å². The molecule has 0 N–H and O–H groups in total. The van der Waals surface area contributed by atoms with Crippen LogP contribution < -0.4 is 0 Å². The molecule has 0 atom stereocenters. The van der Waals surface area contributed by atoms with E-state index in [2.05, 4.69) is 4.98 Å². The Balaban J connectivity index is 3.32. The number of halogens is 4. The summed E-state index contributed by atoms with van der Waals surface area (Å²) in [6, 6.07) is 0.516. The standard InChI is InChI=1S/C11H14ClF3N2O2S/c1-3-4-5-17(2)20(18,19)9-7-16-10(12)6-8(9)11(13,14)15/h6-7H,3-5H2,1-2H3. The van der Waals surface area contributed by atoms with E-state index in [1.54, 1.807) is 0 Å². The van der Waals surface area contributed by atoms with Gasteiger partial charge in [0.15, 0.2) is 0 Å². The van der Waals surface area contributed by atoms with Gasteiger partial charge in [0.05, 0.1) is 5.56 Å². The number of sulfonamides is 1. The predicted octanol–water partition coefficient (Wildman–Crippen LogP) is 3.17. The molecule has 114 valence electrons. The van der Waals surface area contributed by atoms with Gasteiger partial charge in [0, 0.05) is 19.8 Å². The molecular weight excluding hydrogens is 317 g/mol. The third-order valence-corrected chi connectivity index (χ3v) is 4.75. The van der Waals surface area contributed by atoms with Gasteiger partial charge in [0.2, 0.25) is 10.0 Å². The molecule has 0 aromatic carbocycles. The van der Waals surface area contributed by atoms with Crippen LogP contribution in [0.3, 0.4) is 0 Å². The molecule has 1 rings (SSSR count). The summed E-state index contributed by atoms with van der Waals surface area (Å²) < 4.78 is 63.9. The van der Waals surface area contributed by atoms with E-state index in [0.717, 1.165) is 10.7 Å². The molecule has 0 unspecified atom stereocenters. The molecule has 0 saturated heterocycles. The summed E-state index contributed by atoms with van der Waals surface area (Å²) in [4.78, 5) is 2.56. The largest absolute Gasteiger partial charge is 0.417 e. The maximum atomic E-state index is 12.9. The summed E-state index contributed by atoms with van der Waals surface area (Å²) in [5.41, 5.74) is -1.30. The van der Waals surface area contributed by atoms with Crippen molar-refractivity contribution in [3.8, 4) is 0 Å². The minimum absolute atomic E-state index is 0.138. The van der Waals surface area contributed by atoms with Crippen LogP contribution in [-0.2, 0) is 16.2 Å². The molecule has 1 aromatic heterocycles. The highest BCUT2D eigenvalue weighted by atomic mass is 35.5. The van der Waals surface area contributed by atoms with Gasteiger partial charge in [-0.1, -0.05) is 24.9 Å². The van der Waals surface area contributed by atoms with Crippen molar-refractivity contribution in [3.05, 3.63) is 23.0 Å².